The highest BCUT2D eigenvalue weighted by Gasteiger charge is 2.37. The van der Waals surface area contributed by atoms with Crippen molar-refractivity contribution in [3.63, 3.8) is 0 Å². The molecule has 0 aromatic carbocycles. The van der Waals surface area contributed by atoms with Gasteiger partial charge in [-0.1, -0.05) is 55.4 Å². The Morgan fingerprint density at radius 3 is 1.29 bits per heavy atom. The lowest BCUT2D eigenvalue weighted by Crippen LogP contribution is -2.63. The van der Waals surface area contributed by atoms with Crippen LogP contribution in [0.4, 0.5) is 4.79 Å². The molecular weight excluding hydrogens is 714 g/mol. The molecule has 6 atom stereocenters. The molecule has 55 heavy (non-hydrogen) atoms. The molecule has 0 saturated carbocycles. The van der Waals surface area contributed by atoms with E-state index in [0.29, 0.717) is 6.42 Å². The van der Waals surface area contributed by atoms with E-state index in [4.69, 9.17) is 9.47 Å². The number of methoxy groups -OCH3 is 1. The van der Waals surface area contributed by atoms with E-state index in [1.807, 2.05) is 27.7 Å². The summed E-state index contributed by atoms with van der Waals surface area (Å²) in [4.78, 5) is 104. The minimum Gasteiger partial charge on any atom is -0.467 e. The Hall–Kier alpha value is -4.44. The zero-order chi connectivity index (χ0) is 43.2. The van der Waals surface area contributed by atoms with Crippen LogP contribution in [0.25, 0.3) is 0 Å². The molecule has 0 unspecified atom stereocenters. The van der Waals surface area contributed by atoms with Crippen molar-refractivity contribution in [3.05, 3.63) is 0 Å². The van der Waals surface area contributed by atoms with Crippen molar-refractivity contribution in [1.29, 1.82) is 0 Å². The van der Waals surface area contributed by atoms with E-state index in [1.54, 1.807) is 48.5 Å². The predicted molar refractivity (Wildman–Crippen MR) is 207 cm³/mol. The average Bonchev–Trinajstić information content (AvgIpc) is 3.02. The fourth-order valence-corrected chi connectivity index (χ4v) is 5.14. The van der Waals surface area contributed by atoms with Gasteiger partial charge in [-0.05, 0) is 85.0 Å². The van der Waals surface area contributed by atoms with Crippen LogP contribution in [0.3, 0.4) is 0 Å². The third-order valence-corrected chi connectivity index (χ3v) is 8.21. The molecule has 0 bridgehead atoms. The molecular formula is C38H69N7O10. The predicted octanol–water partition coefficient (Wildman–Crippen LogP) is 1.82. The molecule has 0 heterocycles. The van der Waals surface area contributed by atoms with E-state index >= 15 is 0 Å². The molecule has 0 aromatic heterocycles. The maximum Gasteiger partial charge on any atom is 0.408 e. The lowest BCUT2D eigenvalue weighted by molar-refractivity contribution is -0.145. The maximum absolute atomic E-state index is 13.6. The zero-order valence-electron chi connectivity index (χ0n) is 35.8. The Bertz CT molecular complexity index is 1360. The summed E-state index contributed by atoms with van der Waals surface area (Å²) in [6, 6.07) is -6.30. The Morgan fingerprint density at radius 2 is 0.909 bits per heavy atom. The highest BCUT2D eigenvalue weighted by Crippen LogP contribution is 2.13. The number of ether oxygens (including phenoxy) is 2. The van der Waals surface area contributed by atoms with Crippen molar-refractivity contribution in [2.45, 2.75) is 164 Å². The van der Waals surface area contributed by atoms with E-state index in [0.717, 1.165) is 0 Å². The number of esters is 1. The van der Waals surface area contributed by atoms with Gasteiger partial charge < -0.3 is 46.7 Å². The van der Waals surface area contributed by atoms with Gasteiger partial charge in [-0.25, -0.2) is 9.59 Å². The van der Waals surface area contributed by atoms with Gasteiger partial charge in [0.25, 0.3) is 0 Å². The number of hydrogen-bond acceptors (Lipinski definition) is 10. The van der Waals surface area contributed by atoms with Crippen molar-refractivity contribution in [3.8, 4) is 0 Å². The molecule has 7 N–H and O–H groups in total. The zero-order valence-corrected chi connectivity index (χ0v) is 35.8. The van der Waals surface area contributed by atoms with Crippen LogP contribution in [0, 0.1) is 23.7 Å². The van der Waals surface area contributed by atoms with Gasteiger partial charge in [0.2, 0.25) is 35.4 Å². The topological polar surface area (TPSA) is 239 Å². The second kappa shape index (κ2) is 22.2. The third-order valence-electron chi connectivity index (χ3n) is 8.21. The monoisotopic (exact) mass is 784 g/mol. The standard InChI is InChI=1S/C38H69N7O10/c1-19(2)17-25(41-29(46)23(9)40-33(50)28(22(7)8)44-36(53)55-37(11,12)13)31(48)45-38(14,15)35(52)43-27(21(5)6)32(49)39-24(10)30(47)42-26(18-20(3)4)34(51)54-16/h19-28H,17-18H2,1-16H3,(H,39,49)(H,40,50)(H,41,46)(H,42,47)(H,43,52)(H,44,53)(H,45,48)/t23-,24-,25-,26-,27-,28-/m0/s1. The number of hydrogen-bond donors (Lipinski definition) is 7. The minimum absolute atomic E-state index is 0.0669. The molecule has 7 amide bonds. The summed E-state index contributed by atoms with van der Waals surface area (Å²) < 4.78 is 10.1. The van der Waals surface area contributed by atoms with Crippen LogP contribution in [0.5, 0.6) is 0 Å². The molecule has 0 rings (SSSR count). The van der Waals surface area contributed by atoms with Crippen molar-refractivity contribution >= 4 is 47.5 Å². The highest BCUT2D eigenvalue weighted by molar-refractivity contribution is 5.98. The highest BCUT2D eigenvalue weighted by atomic mass is 16.6. The quantitative estimate of drug-likeness (QED) is 0.0884. The molecule has 0 aliphatic rings. The Labute approximate surface area is 327 Å². The van der Waals surface area contributed by atoms with Crippen LogP contribution in [0.15, 0.2) is 0 Å². The van der Waals surface area contributed by atoms with Gasteiger partial charge in [-0.3, -0.25) is 28.8 Å². The lowest BCUT2D eigenvalue weighted by Gasteiger charge is -2.32. The number of nitrogens with one attached hydrogen (secondary N) is 7. The van der Waals surface area contributed by atoms with Crippen LogP contribution in [-0.4, -0.2) is 102 Å². The summed E-state index contributed by atoms with van der Waals surface area (Å²) in [7, 11) is 1.22. The number of amides is 7. The molecule has 0 aromatic rings. The normalized spacial score (nSPS) is 15.1. The van der Waals surface area contributed by atoms with Gasteiger partial charge in [0, 0.05) is 0 Å². The smallest absolute Gasteiger partial charge is 0.408 e. The average molecular weight is 784 g/mol. The molecule has 0 aliphatic heterocycles. The molecule has 17 heteroatoms. The van der Waals surface area contributed by atoms with Crippen LogP contribution in [-0.2, 0) is 43.0 Å². The Balaban J connectivity index is 5.75. The minimum atomic E-state index is -1.57. The maximum atomic E-state index is 13.6. The van der Waals surface area contributed by atoms with Gasteiger partial charge in [-0.15, -0.1) is 0 Å². The van der Waals surface area contributed by atoms with Crippen molar-refractivity contribution in [2.75, 3.05) is 7.11 Å². The molecule has 0 fully saturated rings. The summed E-state index contributed by atoms with van der Waals surface area (Å²) in [6.07, 6.45) is -0.269. The molecule has 0 aliphatic carbocycles. The third kappa shape index (κ3) is 18.6. The van der Waals surface area contributed by atoms with E-state index < -0.39 is 101 Å². The van der Waals surface area contributed by atoms with Crippen LogP contribution >= 0.6 is 0 Å². The molecule has 0 saturated heterocycles. The van der Waals surface area contributed by atoms with Crippen molar-refractivity contribution in [1.82, 2.24) is 37.2 Å². The number of alkyl carbamates (subject to hydrolysis) is 1. The number of carbonyl (C=O) groups excluding carboxylic acids is 8. The van der Waals surface area contributed by atoms with Gasteiger partial charge in [0.15, 0.2) is 0 Å². The Morgan fingerprint density at radius 1 is 0.509 bits per heavy atom. The van der Waals surface area contributed by atoms with Gasteiger partial charge in [-0.2, -0.15) is 0 Å². The Kier molecular flexibility index (Phi) is 20.4. The number of rotatable bonds is 20. The van der Waals surface area contributed by atoms with E-state index in [9.17, 15) is 38.4 Å². The summed E-state index contributed by atoms with van der Waals surface area (Å²) in [5.74, 6) is -5.34. The lowest BCUT2D eigenvalue weighted by atomic mass is 9.97. The van der Waals surface area contributed by atoms with E-state index in [1.165, 1.54) is 34.8 Å². The first-order chi connectivity index (χ1) is 25.0. The summed E-state index contributed by atoms with van der Waals surface area (Å²) in [5, 5.41) is 18.3. The van der Waals surface area contributed by atoms with Crippen molar-refractivity contribution in [2.24, 2.45) is 23.7 Å². The van der Waals surface area contributed by atoms with Gasteiger partial charge in [0.05, 0.1) is 7.11 Å². The second-order valence-electron chi connectivity index (χ2n) is 17.0. The summed E-state index contributed by atoms with van der Waals surface area (Å²) >= 11 is 0. The molecule has 0 spiro atoms. The molecule has 17 nitrogen and oxygen atoms in total. The van der Waals surface area contributed by atoms with Crippen LogP contribution in [0.2, 0.25) is 0 Å². The van der Waals surface area contributed by atoms with Gasteiger partial charge in [0.1, 0.15) is 47.4 Å². The van der Waals surface area contributed by atoms with Crippen molar-refractivity contribution < 1.29 is 47.8 Å². The summed E-state index contributed by atoms with van der Waals surface area (Å²) in [6.45, 7) is 25.1. The summed E-state index contributed by atoms with van der Waals surface area (Å²) in [5.41, 5.74) is -2.36. The number of carbonyl (C=O) groups is 8. The fraction of sp³-hybridized carbons (Fsp3) is 0.789. The first-order valence-corrected chi connectivity index (χ1v) is 18.9. The molecule has 316 valence electrons. The first kappa shape index (κ1) is 50.6. The van der Waals surface area contributed by atoms with Crippen LogP contribution < -0.4 is 37.2 Å². The fourth-order valence-electron chi connectivity index (χ4n) is 5.14. The molecule has 0 radical (unpaired) electrons. The first-order valence-electron chi connectivity index (χ1n) is 18.9. The second-order valence-corrected chi connectivity index (χ2v) is 17.0. The van der Waals surface area contributed by atoms with Crippen LogP contribution in [0.1, 0.15) is 117 Å². The SMILES string of the molecule is COC(=O)[C@H](CC(C)C)NC(=O)[C@H](C)NC(=O)[C@@H](NC(=O)C(C)(C)NC(=O)[C@H](CC(C)C)NC(=O)[C@H](C)NC(=O)[C@@H](NC(=O)OC(C)(C)C)C(C)C)C(C)C. The van der Waals surface area contributed by atoms with E-state index in [-0.39, 0.29) is 24.2 Å². The van der Waals surface area contributed by atoms with Gasteiger partial charge >= 0.3 is 12.1 Å². The largest absolute Gasteiger partial charge is 0.467 e. The van der Waals surface area contributed by atoms with E-state index in [2.05, 4.69) is 37.2 Å².